The first-order valence-corrected chi connectivity index (χ1v) is 8.87. The van der Waals surface area contributed by atoms with Crippen molar-refractivity contribution in [3.05, 3.63) is 64.2 Å². The third-order valence-electron chi connectivity index (χ3n) is 4.55. The second-order valence-electron chi connectivity index (χ2n) is 6.66. The predicted octanol–water partition coefficient (Wildman–Crippen LogP) is 2.99. The number of aromatic nitrogens is 2. The van der Waals surface area contributed by atoms with Crippen LogP contribution in [0.5, 0.6) is 11.5 Å². The smallest absolute Gasteiger partial charge is 0.261 e. The van der Waals surface area contributed by atoms with Crippen molar-refractivity contribution in [2.75, 3.05) is 34.9 Å². The van der Waals surface area contributed by atoms with E-state index in [2.05, 4.69) is 4.90 Å². The van der Waals surface area contributed by atoms with Gasteiger partial charge < -0.3 is 14.4 Å². The van der Waals surface area contributed by atoms with Crippen LogP contribution in [0.15, 0.2) is 47.3 Å². The van der Waals surface area contributed by atoms with Crippen molar-refractivity contribution in [2.24, 2.45) is 0 Å². The molecule has 0 unspecified atom stereocenters. The van der Waals surface area contributed by atoms with Crippen LogP contribution in [-0.4, -0.2) is 49.3 Å². The van der Waals surface area contributed by atoms with E-state index in [0.717, 1.165) is 23.6 Å². The van der Waals surface area contributed by atoms with Crippen LogP contribution in [0, 0.1) is 0 Å². The fraction of sp³-hybridized carbons (Fsp3) is 0.333. The van der Waals surface area contributed by atoms with Gasteiger partial charge in [-0.15, -0.1) is 12.4 Å². The molecule has 0 aliphatic carbocycles. The van der Waals surface area contributed by atoms with Crippen LogP contribution in [0.25, 0.3) is 10.9 Å². The van der Waals surface area contributed by atoms with Crippen molar-refractivity contribution in [3.8, 4) is 11.5 Å². The number of benzene rings is 2. The Kier molecular flexibility index (Phi) is 7.43. The molecule has 1 heterocycles. The lowest BCUT2D eigenvalue weighted by Gasteiger charge is -2.17. The molecule has 0 saturated carbocycles. The SMILES string of the molecule is COc1ccc(OC)c(Cc2nc3ccccc3c(=O)n2CCN(C)C)c1.Cl. The molecule has 6 nitrogen and oxygen atoms in total. The Labute approximate surface area is 171 Å². The molecule has 0 saturated heterocycles. The molecule has 3 rings (SSSR count). The first-order valence-electron chi connectivity index (χ1n) is 8.87. The molecule has 1 aromatic heterocycles. The zero-order valence-electron chi connectivity index (χ0n) is 16.6. The largest absolute Gasteiger partial charge is 0.497 e. The second-order valence-corrected chi connectivity index (χ2v) is 6.66. The van der Waals surface area contributed by atoms with Gasteiger partial charge in [-0.25, -0.2) is 4.98 Å². The highest BCUT2D eigenvalue weighted by Gasteiger charge is 2.14. The highest BCUT2D eigenvalue weighted by Crippen LogP contribution is 2.26. The minimum Gasteiger partial charge on any atom is -0.497 e. The van der Waals surface area contributed by atoms with E-state index in [4.69, 9.17) is 14.5 Å². The first-order chi connectivity index (χ1) is 13.0. The summed E-state index contributed by atoms with van der Waals surface area (Å²) in [5.74, 6) is 2.21. The third kappa shape index (κ3) is 4.64. The van der Waals surface area contributed by atoms with Gasteiger partial charge in [0.2, 0.25) is 0 Å². The maximum absolute atomic E-state index is 13.1. The molecular weight excluding hydrogens is 378 g/mol. The Morgan fingerprint density at radius 3 is 2.50 bits per heavy atom. The Bertz CT molecular complexity index is 1000. The zero-order chi connectivity index (χ0) is 19.4. The first kappa shape index (κ1) is 21.7. The Morgan fingerprint density at radius 2 is 1.82 bits per heavy atom. The lowest BCUT2D eigenvalue weighted by atomic mass is 10.1. The molecule has 0 radical (unpaired) electrons. The minimum atomic E-state index is -0.0145. The van der Waals surface area contributed by atoms with Crippen LogP contribution in [-0.2, 0) is 13.0 Å². The average molecular weight is 404 g/mol. The molecule has 7 heteroatoms. The van der Waals surface area contributed by atoms with E-state index >= 15 is 0 Å². The molecule has 0 aliphatic heterocycles. The quantitative estimate of drug-likeness (QED) is 0.607. The molecule has 28 heavy (non-hydrogen) atoms. The number of hydrogen-bond acceptors (Lipinski definition) is 5. The predicted molar refractivity (Wildman–Crippen MR) is 114 cm³/mol. The lowest BCUT2D eigenvalue weighted by molar-refractivity contribution is 0.376. The van der Waals surface area contributed by atoms with Gasteiger partial charge in [0.1, 0.15) is 17.3 Å². The van der Waals surface area contributed by atoms with Crippen molar-refractivity contribution in [1.29, 1.82) is 0 Å². The highest BCUT2D eigenvalue weighted by molar-refractivity contribution is 5.85. The number of likely N-dealkylation sites (N-methyl/N-ethyl adjacent to an activating group) is 1. The molecule has 0 atom stereocenters. The number of hydrogen-bond donors (Lipinski definition) is 0. The summed E-state index contributed by atoms with van der Waals surface area (Å²) in [6.07, 6.45) is 0.480. The maximum atomic E-state index is 13.1. The van der Waals surface area contributed by atoms with Crippen molar-refractivity contribution in [3.63, 3.8) is 0 Å². The topological polar surface area (TPSA) is 56.6 Å². The Hall–Kier alpha value is -2.57. The van der Waals surface area contributed by atoms with Gasteiger partial charge in [0.15, 0.2) is 0 Å². The fourth-order valence-corrected chi connectivity index (χ4v) is 3.07. The number of methoxy groups -OCH3 is 2. The number of ether oxygens (including phenoxy) is 2. The summed E-state index contributed by atoms with van der Waals surface area (Å²) in [6.45, 7) is 1.33. The molecule has 0 aliphatic rings. The van der Waals surface area contributed by atoms with Crippen molar-refractivity contribution in [1.82, 2.24) is 14.5 Å². The molecular formula is C21H26ClN3O3. The summed E-state index contributed by atoms with van der Waals surface area (Å²) in [7, 11) is 7.25. The van der Waals surface area contributed by atoms with Gasteiger partial charge in [0.25, 0.3) is 5.56 Å². The van der Waals surface area contributed by atoms with Gasteiger partial charge in [-0.05, 0) is 44.4 Å². The van der Waals surface area contributed by atoms with E-state index in [1.807, 2.05) is 56.6 Å². The van der Waals surface area contributed by atoms with Crippen LogP contribution < -0.4 is 15.0 Å². The van der Waals surface area contributed by atoms with Crippen LogP contribution in [0.1, 0.15) is 11.4 Å². The third-order valence-corrected chi connectivity index (χ3v) is 4.55. The van der Waals surface area contributed by atoms with Gasteiger partial charge in [-0.1, -0.05) is 12.1 Å². The number of para-hydroxylation sites is 1. The normalized spacial score (nSPS) is 10.8. The summed E-state index contributed by atoms with van der Waals surface area (Å²) in [4.78, 5) is 19.9. The molecule has 0 fully saturated rings. The van der Waals surface area contributed by atoms with Gasteiger partial charge in [0.05, 0.1) is 25.1 Å². The van der Waals surface area contributed by atoms with Crippen LogP contribution >= 0.6 is 12.4 Å². The molecule has 2 aromatic carbocycles. The summed E-state index contributed by atoms with van der Waals surface area (Å²) < 4.78 is 12.6. The molecule has 0 N–H and O–H groups in total. The number of halogens is 1. The van der Waals surface area contributed by atoms with E-state index in [-0.39, 0.29) is 18.0 Å². The van der Waals surface area contributed by atoms with Gasteiger partial charge in [-0.3, -0.25) is 9.36 Å². The standard InChI is InChI=1S/C21H25N3O3.ClH/c1-23(2)11-12-24-20(22-18-8-6-5-7-17(18)21(24)25)14-15-13-16(26-3)9-10-19(15)27-4;/h5-10,13H,11-12,14H2,1-4H3;1H. The molecule has 0 bridgehead atoms. The van der Waals surface area contributed by atoms with Crippen molar-refractivity contribution < 1.29 is 9.47 Å². The average Bonchev–Trinajstić information content (AvgIpc) is 2.67. The van der Waals surface area contributed by atoms with Gasteiger partial charge in [0, 0.05) is 25.1 Å². The Balaban J connectivity index is 0.00000280. The molecule has 0 amide bonds. The fourth-order valence-electron chi connectivity index (χ4n) is 3.07. The van der Waals surface area contributed by atoms with E-state index in [9.17, 15) is 4.79 Å². The number of rotatable bonds is 7. The molecule has 3 aromatic rings. The second kappa shape index (κ2) is 9.57. The zero-order valence-corrected chi connectivity index (χ0v) is 17.5. The lowest BCUT2D eigenvalue weighted by Crippen LogP contribution is -2.30. The van der Waals surface area contributed by atoms with Gasteiger partial charge in [-0.2, -0.15) is 0 Å². The van der Waals surface area contributed by atoms with E-state index in [1.54, 1.807) is 18.8 Å². The monoisotopic (exact) mass is 403 g/mol. The summed E-state index contributed by atoms with van der Waals surface area (Å²) in [5.41, 5.74) is 1.62. The van der Waals surface area contributed by atoms with Gasteiger partial charge >= 0.3 is 0 Å². The summed E-state index contributed by atoms with van der Waals surface area (Å²) in [6, 6.07) is 13.1. The van der Waals surface area contributed by atoms with Crippen LogP contribution in [0.2, 0.25) is 0 Å². The molecule has 0 spiro atoms. The van der Waals surface area contributed by atoms with Crippen LogP contribution in [0.4, 0.5) is 0 Å². The van der Waals surface area contributed by atoms with Crippen molar-refractivity contribution >= 4 is 23.3 Å². The maximum Gasteiger partial charge on any atom is 0.261 e. The Morgan fingerprint density at radius 1 is 1.07 bits per heavy atom. The van der Waals surface area contributed by atoms with E-state index < -0.39 is 0 Å². The van der Waals surface area contributed by atoms with E-state index in [0.29, 0.717) is 29.7 Å². The number of nitrogens with zero attached hydrogens (tertiary/aromatic N) is 3. The van der Waals surface area contributed by atoms with Crippen LogP contribution in [0.3, 0.4) is 0 Å². The summed E-state index contributed by atoms with van der Waals surface area (Å²) in [5, 5.41) is 0.637. The minimum absolute atomic E-state index is 0. The summed E-state index contributed by atoms with van der Waals surface area (Å²) >= 11 is 0. The highest BCUT2D eigenvalue weighted by atomic mass is 35.5. The van der Waals surface area contributed by atoms with E-state index in [1.165, 1.54) is 0 Å². The number of fused-ring (bicyclic) bond motifs is 1. The molecule has 150 valence electrons. The van der Waals surface area contributed by atoms with Crippen molar-refractivity contribution in [2.45, 2.75) is 13.0 Å².